The van der Waals surface area contributed by atoms with E-state index < -0.39 is 0 Å². The third-order valence-electron chi connectivity index (χ3n) is 4.66. The van der Waals surface area contributed by atoms with Crippen LogP contribution in [0.5, 0.6) is 0 Å². The lowest BCUT2D eigenvalue weighted by molar-refractivity contribution is 0.0170. The summed E-state index contributed by atoms with van der Waals surface area (Å²) in [6, 6.07) is 0. The van der Waals surface area contributed by atoms with Crippen LogP contribution in [0, 0.1) is 5.92 Å². The summed E-state index contributed by atoms with van der Waals surface area (Å²) in [4.78, 5) is 6.87. The summed E-state index contributed by atoms with van der Waals surface area (Å²) in [6.07, 6.45) is 6.48. The van der Waals surface area contributed by atoms with E-state index in [-0.39, 0.29) is 5.54 Å². The highest BCUT2D eigenvalue weighted by atomic mass is 32.1. The van der Waals surface area contributed by atoms with E-state index in [2.05, 4.69) is 29.2 Å². The summed E-state index contributed by atoms with van der Waals surface area (Å²) in [6.45, 7) is 4.00. The molecule has 18 heavy (non-hydrogen) atoms. The van der Waals surface area contributed by atoms with Gasteiger partial charge in [0.2, 0.25) is 0 Å². The molecule has 4 heteroatoms. The van der Waals surface area contributed by atoms with Crippen LogP contribution in [0.25, 0.3) is 0 Å². The molecule has 1 heterocycles. The van der Waals surface area contributed by atoms with E-state index >= 15 is 0 Å². The molecule has 2 rings (SSSR count). The lowest BCUT2D eigenvalue weighted by Crippen LogP contribution is -2.58. The van der Waals surface area contributed by atoms with Gasteiger partial charge in [-0.05, 0) is 25.8 Å². The molecular formula is C14H25N3S. The van der Waals surface area contributed by atoms with E-state index in [4.69, 9.17) is 5.73 Å². The molecule has 1 aliphatic carbocycles. The number of aromatic nitrogens is 1. The highest BCUT2D eigenvalue weighted by Crippen LogP contribution is 2.39. The normalized spacial score (nSPS) is 28.8. The van der Waals surface area contributed by atoms with Gasteiger partial charge in [0.15, 0.2) is 0 Å². The molecule has 2 atom stereocenters. The van der Waals surface area contributed by atoms with E-state index in [0.29, 0.717) is 0 Å². The second kappa shape index (κ2) is 6.13. The van der Waals surface area contributed by atoms with Crippen LogP contribution < -0.4 is 5.73 Å². The zero-order valence-corrected chi connectivity index (χ0v) is 12.4. The van der Waals surface area contributed by atoms with Crippen LogP contribution in [-0.4, -0.2) is 29.0 Å². The van der Waals surface area contributed by atoms with Gasteiger partial charge < -0.3 is 5.73 Å². The molecule has 102 valence electrons. The van der Waals surface area contributed by atoms with Gasteiger partial charge in [0.25, 0.3) is 0 Å². The Balaban J connectivity index is 2.13. The second-order valence-electron chi connectivity index (χ2n) is 5.49. The fourth-order valence-corrected chi connectivity index (χ4v) is 4.07. The summed E-state index contributed by atoms with van der Waals surface area (Å²) < 4.78 is 0. The van der Waals surface area contributed by atoms with Crippen LogP contribution in [0.15, 0.2) is 10.9 Å². The molecule has 1 aromatic rings. The highest BCUT2D eigenvalue weighted by molar-refractivity contribution is 7.07. The van der Waals surface area contributed by atoms with Crippen LogP contribution in [-0.2, 0) is 6.54 Å². The van der Waals surface area contributed by atoms with Crippen molar-refractivity contribution in [1.82, 2.24) is 9.88 Å². The molecule has 3 nitrogen and oxygen atoms in total. The highest BCUT2D eigenvalue weighted by Gasteiger charge is 2.41. The van der Waals surface area contributed by atoms with Crippen LogP contribution in [0.4, 0.5) is 0 Å². The fourth-order valence-electron chi connectivity index (χ4n) is 3.52. The van der Waals surface area contributed by atoms with E-state index in [1.807, 2.05) is 5.51 Å². The quantitative estimate of drug-likeness (QED) is 0.892. The molecule has 0 saturated heterocycles. The van der Waals surface area contributed by atoms with Gasteiger partial charge in [-0.2, -0.15) is 0 Å². The van der Waals surface area contributed by atoms with Gasteiger partial charge >= 0.3 is 0 Å². The Morgan fingerprint density at radius 1 is 1.56 bits per heavy atom. The molecule has 0 amide bonds. The minimum atomic E-state index is 0.191. The smallest absolute Gasteiger partial charge is 0.0795 e. The van der Waals surface area contributed by atoms with Crippen molar-refractivity contribution in [3.8, 4) is 0 Å². The number of likely N-dealkylation sites (N-methyl/N-ethyl adjacent to an activating group) is 1. The number of hydrogen-bond donors (Lipinski definition) is 1. The van der Waals surface area contributed by atoms with Crippen LogP contribution in [0.2, 0.25) is 0 Å². The average molecular weight is 267 g/mol. The van der Waals surface area contributed by atoms with Crippen LogP contribution in [0.3, 0.4) is 0 Å². The van der Waals surface area contributed by atoms with E-state index in [1.54, 1.807) is 11.3 Å². The van der Waals surface area contributed by atoms with Crippen molar-refractivity contribution in [3.63, 3.8) is 0 Å². The van der Waals surface area contributed by atoms with E-state index in [0.717, 1.165) is 19.0 Å². The largest absolute Gasteiger partial charge is 0.329 e. The zero-order chi connectivity index (χ0) is 13.0. The number of nitrogens with two attached hydrogens (primary N) is 1. The Bertz CT molecular complexity index is 352. The van der Waals surface area contributed by atoms with Gasteiger partial charge in [-0.3, -0.25) is 4.90 Å². The maximum Gasteiger partial charge on any atom is 0.0795 e. The Hall–Kier alpha value is -0.450. The monoisotopic (exact) mass is 267 g/mol. The van der Waals surface area contributed by atoms with Crippen molar-refractivity contribution in [2.24, 2.45) is 11.7 Å². The second-order valence-corrected chi connectivity index (χ2v) is 6.21. The number of nitrogens with zero attached hydrogens (tertiary/aromatic N) is 2. The van der Waals surface area contributed by atoms with Crippen LogP contribution in [0.1, 0.15) is 44.7 Å². The van der Waals surface area contributed by atoms with Gasteiger partial charge in [0, 0.05) is 24.0 Å². The lowest BCUT2D eigenvalue weighted by atomic mass is 9.70. The number of rotatable bonds is 5. The molecule has 0 aromatic carbocycles. The summed E-state index contributed by atoms with van der Waals surface area (Å²) in [7, 11) is 2.22. The molecular weight excluding hydrogens is 242 g/mol. The number of thiazole rings is 1. The van der Waals surface area contributed by atoms with E-state index in [9.17, 15) is 0 Å². The summed E-state index contributed by atoms with van der Waals surface area (Å²) in [5, 5.41) is 2.14. The van der Waals surface area contributed by atoms with Crippen LogP contribution >= 0.6 is 11.3 Å². The maximum atomic E-state index is 6.17. The van der Waals surface area contributed by atoms with Crippen molar-refractivity contribution in [3.05, 3.63) is 16.6 Å². The summed E-state index contributed by atoms with van der Waals surface area (Å²) in [5.74, 6) is 0.736. The Morgan fingerprint density at radius 3 is 3.00 bits per heavy atom. The van der Waals surface area contributed by atoms with Crippen molar-refractivity contribution in [1.29, 1.82) is 0 Å². The molecule has 1 aromatic heterocycles. The Morgan fingerprint density at radius 2 is 2.39 bits per heavy atom. The number of hydrogen-bond acceptors (Lipinski definition) is 4. The summed E-state index contributed by atoms with van der Waals surface area (Å²) >= 11 is 1.67. The summed E-state index contributed by atoms with van der Waals surface area (Å²) in [5.41, 5.74) is 9.46. The first kappa shape index (κ1) is 14.0. The molecule has 0 spiro atoms. The molecule has 1 aliphatic rings. The predicted molar refractivity (Wildman–Crippen MR) is 77.6 cm³/mol. The first-order chi connectivity index (χ1) is 8.73. The van der Waals surface area contributed by atoms with Crippen molar-refractivity contribution >= 4 is 11.3 Å². The van der Waals surface area contributed by atoms with Gasteiger partial charge in [-0.15, -0.1) is 11.3 Å². The van der Waals surface area contributed by atoms with Gasteiger partial charge in [-0.25, -0.2) is 4.98 Å². The zero-order valence-electron chi connectivity index (χ0n) is 11.6. The Kier molecular flexibility index (Phi) is 4.76. The third kappa shape index (κ3) is 2.60. The lowest BCUT2D eigenvalue weighted by Gasteiger charge is -2.49. The first-order valence-electron chi connectivity index (χ1n) is 7.01. The molecule has 1 fully saturated rings. The average Bonchev–Trinajstić information content (AvgIpc) is 2.91. The molecule has 1 saturated carbocycles. The van der Waals surface area contributed by atoms with Crippen molar-refractivity contribution in [2.45, 2.75) is 51.1 Å². The van der Waals surface area contributed by atoms with E-state index in [1.165, 1.54) is 37.8 Å². The third-order valence-corrected chi connectivity index (χ3v) is 5.30. The molecule has 0 bridgehead atoms. The first-order valence-corrected chi connectivity index (χ1v) is 7.95. The van der Waals surface area contributed by atoms with Gasteiger partial charge in [0.05, 0.1) is 11.2 Å². The molecule has 2 unspecified atom stereocenters. The molecule has 0 aliphatic heterocycles. The predicted octanol–water partition coefficient (Wildman–Crippen LogP) is 2.87. The standard InChI is InChI=1S/C14H25N3S/c1-3-12-6-4-5-7-14(12,10-15)17(2)8-13-9-18-11-16-13/h9,11-12H,3-8,10,15H2,1-2H3. The Labute approximate surface area is 114 Å². The minimum Gasteiger partial charge on any atom is -0.329 e. The maximum absolute atomic E-state index is 6.17. The minimum absolute atomic E-state index is 0.191. The topological polar surface area (TPSA) is 42.1 Å². The molecule has 0 radical (unpaired) electrons. The van der Waals surface area contributed by atoms with Crippen molar-refractivity contribution in [2.75, 3.05) is 13.6 Å². The molecule has 2 N–H and O–H groups in total. The van der Waals surface area contributed by atoms with Crippen molar-refractivity contribution < 1.29 is 0 Å². The van der Waals surface area contributed by atoms with Gasteiger partial charge in [0.1, 0.15) is 0 Å². The van der Waals surface area contributed by atoms with Gasteiger partial charge in [-0.1, -0.05) is 26.2 Å². The SMILES string of the molecule is CCC1CCCCC1(CN)N(C)Cc1cscn1. The fraction of sp³-hybridized carbons (Fsp3) is 0.786.